The molecule has 2 rings (SSSR count). The highest BCUT2D eigenvalue weighted by atomic mass is 33.1. The first kappa shape index (κ1) is 27.6. The summed E-state index contributed by atoms with van der Waals surface area (Å²) in [6.07, 6.45) is 2.02. The molecule has 0 saturated heterocycles. The van der Waals surface area contributed by atoms with Crippen LogP contribution in [0.4, 0.5) is 0 Å². The molecule has 1 aromatic heterocycles. The zero-order valence-electron chi connectivity index (χ0n) is 20.0. The lowest BCUT2D eigenvalue weighted by Crippen LogP contribution is -2.55. The smallest absolute Gasteiger partial charge is 0.323 e. The van der Waals surface area contributed by atoms with Crippen LogP contribution in [0.2, 0.25) is 0 Å². The van der Waals surface area contributed by atoms with Crippen LogP contribution in [-0.2, 0) is 25.6 Å². The molecule has 34 heavy (non-hydrogen) atoms. The van der Waals surface area contributed by atoms with Gasteiger partial charge in [0.25, 0.3) is 0 Å². The predicted octanol–water partition coefficient (Wildman–Crippen LogP) is 2.42. The van der Waals surface area contributed by atoms with E-state index in [1.54, 1.807) is 17.0 Å². The van der Waals surface area contributed by atoms with Crippen LogP contribution in [0.3, 0.4) is 0 Å². The Balaban J connectivity index is 2.21. The minimum atomic E-state index is -1.15. The van der Waals surface area contributed by atoms with Crippen LogP contribution in [0.5, 0.6) is 0 Å². The fraction of sp³-hybridized carbons (Fsp3) is 0.478. The number of carbonyl (C=O) groups excluding carboxylic acids is 3. The quantitative estimate of drug-likeness (QED) is 0.343. The Morgan fingerprint density at radius 2 is 1.79 bits per heavy atom. The number of hydrogen-bond acceptors (Lipinski definition) is 6. The van der Waals surface area contributed by atoms with Gasteiger partial charge in [-0.05, 0) is 11.6 Å². The summed E-state index contributed by atoms with van der Waals surface area (Å²) in [4.78, 5) is 53.3. The van der Waals surface area contributed by atoms with Gasteiger partial charge in [-0.2, -0.15) is 0 Å². The van der Waals surface area contributed by atoms with E-state index in [0.29, 0.717) is 0 Å². The molecule has 0 spiro atoms. The molecule has 0 aliphatic carbocycles. The number of amides is 3. The highest BCUT2D eigenvalue weighted by Crippen LogP contribution is 2.35. The number of carbonyl (C=O) groups is 4. The van der Waals surface area contributed by atoms with E-state index in [1.807, 2.05) is 45.0 Å². The van der Waals surface area contributed by atoms with Gasteiger partial charge in [0, 0.05) is 48.0 Å². The molecule has 2 atom stereocenters. The number of aliphatic carboxylic acids is 1. The van der Waals surface area contributed by atoms with Crippen molar-refractivity contribution in [1.82, 2.24) is 20.5 Å². The molecule has 0 aliphatic rings. The third-order valence-electron chi connectivity index (χ3n) is 4.70. The Hall–Kier alpha value is -2.66. The van der Waals surface area contributed by atoms with Crippen LogP contribution in [0, 0.1) is 0 Å². The number of benzene rings is 1. The number of carboxylic acid groups (broad SMARTS) is 1. The maximum Gasteiger partial charge on any atom is 0.323 e. The summed E-state index contributed by atoms with van der Waals surface area (Å²) in [5.41, 5.74) is 1.77. The normalized spacial score (nSPS) is 13.2. The van der Waals surface area contributed by atoms with Crippen molar-refractivity contribution in [3.8, 4) is 0 Å². The van der Waals surface area contributed by atoms with Gasteiger partial charge in [0.05, 0.1) is 0 Å². The average molecular weight is 509 g/mol. The van der Waals surface area contributed by atoms with Crippen LogP contribution in [0.25, 0.3) is 10.9 Å². The van der Waals surface area contributed by atoms with Crippen molar-refractivity contribution in [2.45, 2.75) is 50.9 Å². The number of hydrogen-bond donors (Lipinski definition) is 4. The Kier molecular flexibility index (Phi) is 9.87. The monoisotopic (exact) mass is 508 g/mol. The first-order chi connectivity index (χ1) is 15.9. The van der Waals surface area contributed by atoms with Gasteiger partial charge in [-0.3, -0.25) is 19.2 Å². The fourth-order valence-electron chi connectivity index (χ4n) is 3.25. The molecule has 0 radical (unpaired) electrons. The van der Waals surface area contributed by atoms with Crippen molar-refractivity contribution in [1.29, 1.82) is 0 Å². The van der Waals surface area contributed by atoms with Gasteiger partial charge in [0.15, 0.2) is 0 Å². The summed E-state index contributed by atoms with van der Waals surface area (Å²) in [5.74, 6) is -2.29. The van der Waals surface area contributed by atoms with Crippen molar-refractivity contribution in [2.24, 2.45) is 0 Å². The molecular weight excluding hydrogens is 476 g/mol. The largest absolute Gasteiger partial charge is 0.480 e. The van der Waals surface area contributed by atoms with E-state index >= 15 is 0 Å². The number of aromatic amines is 1. The van der Waals surface area contributed by atoms with Crippen LogP contribution >= 0.6 is 21.6 Å². The van der Waals surface area contributed by atoms with Gasteiger partial charge in [0.1, 0.15) is 18.6 Å². The van der Waals surface area contributed by atoms with E-state index in [1.165, 1.54) is 24.8 Å². The van der Waals surface area contributed by atoms with Gasteiger partial charge >= 0.3 is 5.97 Å². The van der Waals surface area contributed by atoms with E-state index in [2.05, 4.69) is 15.6 Å². The zero-order valence-corrected chi connectivity index (χ0v) is 21.6. The van der Waals surface area contributed by atoms with Crippen molar-refractivity contribution in [2.75, 3.05) is 19.3 Å². The number of rotatable bonds is 11. The van der Waals surface area contributed by atoms with Crippen LogP contribution in [0.15, 0.2) is 30.5 Å². The van der Waals surface area contributed by atoms with Gasteiger partial charge in [0.2, 0.25) is 17.7 Å². The molecule has 0 aliphatic heterocycles. The summed E-state index contributed by atoms with van der Waals surface area (Å²) in [5, 5.41) is 15.4. The second kappa shape index (κ2) is 12.2. The SMILES string of the molecule is CC(=O)N[C@@H](Cc1c[nH]c2ccccc12)C(=O)N[C@H](CSSC(C)(C)C)C(=O)N(C)CC(=O)O. The molecule has 0 fully saturated rings. The molecule has 1 heterocycles. The predicted molar refractivity (Wildman–Crippen MR) is 137 cm³/mol. The second-order valence-electron chi connectivity index (χ2n) is 8.95. The lowest BCUT2D eigenvalue weighted by molar-refractivity contribution is -0.144. The van der Waals surface area contributed by atoms with E-state index < -0.39 is 36.4 Å². The molecule has 4 N–H and O–H groups in total. The molecule has 3 amide bonds. The first-order valence-electron chi connectivity index (χ1n) is 10.8. The third kappa shape index (κ3) is 8.60. The maximum absolute atomic E-state index is 13.2. The van der Waals surface area contributed by atoms with E-state index in [9.17, 15) is 19.2 Å². The molecule has 11 heteroatoms. The summed E-state index contributed by atoms with van der Waals surface area (Å²) < 4.78 is -0.0662. The van der Waals surface area contributed by atoms with Crippen molar-refractivity contribution in [3.05, 3.63) is 36.0 Å². The molecule has 2 aromatic rings. The lowest BCUT2D eigenvalue weighted by atomic mass is 10.0. The zero-order chi connectivity index (χ0) is 25.5. The lowest BCUT2D eigenvalue weighted by Gasteiger charge is -2.26. The van der Waals surface area contributed by atoms with E-state index in [4.69, 9.17) is 5.11 Å². The molecule has 186 valence electrons. The Morgan fingerprint density at radius 1 is 1.12 bits per heavy atom. The molecular formula is C23H32N4O5S2. The van der Waals surface area contributed by atoms with Gasteiger partial charge in [-0.1, -0.05) is 60.6 Å². The summed E-state index contributed by atoms with van der Waals surface area (Å²) in [7, 11) is 4.37. The highest BCUT2D eigenvalue weighted by Gasteiger charge is 2.30. The third-order valence-corrected chi connectivity index (χ3v) is 8.05. The summed E-state index contributed by atoms with van der Waals surface area (Å²) in [6.45, 7) is 6.95. The number of nitrogens with one attached hydrogen (secondary N) is 3. The number of fused-ring (bicyclic) bond motifs is 1. The number of para-hydroxylation sites is 1. The fourth-order valence-corrected chi connectivity index (χ4v) is 5.70. The van der Waals surface area contributed by atoms with Crippen LogP contribution in [0.1, 0.15) is 33.3 Å². The van der Waals surface area contributed by atoms with Crippen LogP contribution in [-0.4, -0.2) is 74.9 Å². The number of likely N-dealkylation sites (N-methyl/N-ethyl adjacent to an activating group) is 1. The Labute approximate surface area is 207 Å². The number of carboxylic acids is 1. The number of aromatic nitrogens is 1. The van der Waals surface area contributed by atoms with E-state index in [-0.39, 0.29) is 22.8 Å². The van der Waals surface area contributed by atoms with Gasteiger partial charge < -0.3 is 25.6 Å². The van der Waals surface area contributed by atoms with Crippen molar-refractivity contribution >= 4 is 56.2 Å². The Morgan fingerprint density at radius 3 is 2.41 bits per heavy atom. The second-order valence-corrected chi connectivity index (χ2v) is 12.1. The average Bonchev–Trinajstić information content (AvgIpc) is 3.13. The minimum absolute atomic E-state index is 0.0662. The standard InChI is InChI=1S/C23H32N4O5S2/c1-14(28)25-18(10-15-11-24-17-9-7-6-8-16(15)17)21(31)26-19(13-33-34-23(2,3)4)22(32)27(5)12-20(29)30/h6-9,11,18-19,24H,10,12-13H2,1-5H3,(H,25,28)(H,26,31)(H,29,30)/t18-,19+/m0/s1. The minimum Gasteiger partial charge on any atom is -0.480 e. The molecule has 0 unspecified atom stereocenters. The summed E-state index contributed by atoms with van der Waals surface area (Å²) in [6, 6.07) is 5.79. The first-order valence-corrected chi connectivity index (χ1v) is 13.1. The molecule has 0 saturated carbocycles. The topological polar surface area (TPSA) is 132 Å². The molecule has 1 aromatic carbocycles. The van der Waals surface area contributed by atoms with Gasteiger partial charge in [-0.25, -0.2) is 0 Å². The molecule has 0 bridgehead atoms. The Bertz CT molecular complexity index is 1030. The van der Waals surface area contributed by atoms with Crippen molar-refractivity contribution < 1.29 is 24.3 Å². The summed E-state index contributed by atoms with van der Waals surface area (Å²) >= 11 is 0. The maximum atomic E-state index is 13.2. The van der Waals surface area contributed by atoms with Crippen molar-refractivity contribution in [3.63, 3.8) is 0 Å². The number of H-pyrrole nitrogens is 1. The molecule has 9 nitrogen and oxygen atoms in total. The highest BCUT2D eigenvalue weighted by molar-refractivity contribution is 8.77. The van der Waals surface area contributed by atoms with Crippen LogP contribution < -0.4 is 10.6 Å². The van der Waals surface area contributed by atoms with E-state index in [0.717, 1.165) is 21.4 Å². The van der Waals surface area contributed by atoms with Gasteiger partial charge in [-0.15, -0.1) is 0 Å². The number of nitrogens with zero attached hydrogens (tertiary/aromatic N) is 1.